The molecule has 1 heterocycles. The molecule has 1 saturated heterocycles. The molecule has 2 aromatic carbocycles. The zero-order valence-corrected chi connectivity index (χ0v) is 25.4. The van der Waals surface area contributed by atoms with Gasteiger partial charge in [0.1, 0.15) is 0 Å². The molecule has 198 valence electrons. The molecular formula is C31H49BO3Si. The number of benzene rings is 2. The van der Waals surface area contributed by atoms with E-state index < -0.39 is 8.32 Å². The zero-order chi connectivity index (χ0) is 26.8. The molecule has 5 heteroatoms. The van der Waals surface area contributed by atoms with E-state index in [4.69, 9.17) is 13.7 Å². The third kappa shape index (κ3) is 6.18. The van der Waals surface area contributed by atoms with Crippen LogP contribution in [0.1, 0.15) is 82.1 Å². The maximum absolute atomic E-state index is 7.18. The van der Waals surface area contributed by atoms with Crippen molar-refractivity contribution >= 4 is 25.8 Å². The van der Waals surface area contributed by atoms with Crippen LogP contribution < -0.4 is 10.4 Å². The molecular weight excluding hydrogens is 459 g/mol. The summed E-state index contributed by atoms with van der Waals surface area (Å²) in [6, 6.07) is 21.9. The summed E-state index contributed by atoms with van der Waals surface area (Å²) in [5.74, 6) is 1.38. The molecule has 1 aliphatic heterocycles. The van der Waals surface area contributed by atoms with Crippen LogP contribution in [-0.2, 0) is 13.7 Å². The smallest absolute Gasteiger partial charge is 0.407 e. The Kier molecular flexibility index (Phi) is 9.03. The molecule has 0 saturated carbocycles. The molecule has 1 aliphatic rings. The fourth-order valence-corrected chi connectivity index (χ4v) is 10.4. The summed E-state index contributed by atoms with van der Waals surface area (Å²) in [6.45, 7) is 23.3. The van der Waals surface area contributed by atoms with Crippen molar-refractivity contribution in [2.24, 2.45) is 11.8 Å². The zero-order valence-electron chi connectivity index (χ0n) is 24.4. The summed E-state index contributed by atoms with van der Waals surface area (Å²) in [7, 11) is -2.63. The second-order valence-electron chi connectivity index (χ2n) is 13.3. The Hall–Kier alpha value is -1.40. The Morgan fingerprint density at radius 1 is 0.750 bits per heavy atom. The van der Waals surface area contributed by atoms with Crippen LogP contribution in [0.5, 0.6) is 0 Å². The number of hydrogen-bond donors (Lipinski definition) is 0. The molecule has 3 rings (SSSR count). The quantitative estimate of drug-likeness (QED) is 0.321. The Bertz CT molecular complexity index is 899. The second-order valence-corrected chi connectivity index (χ2v) is 17.6. The van der Waals surface area contributed by atoms with Crippen molar-refractivity contribution in [2.45, 2.75) is 104 Å². The molecule has 36 heavy (non-hydrogen) atoms. The predicted molar refractivity (Wildman–Crippen MR) is 157 cm³/mol. The van der Waals surface area contributed by atoms with Gasteiger partial charge in [-0.2, -0.15) is 0 Å². The van der Waals surface area contributed by atoms with Gasteiger partial charge in [-0.15, -0.1) is 0 Å². The Labute approximate surface area is 222 Å². The first kappa shape index (κ1) is 29.2. The van der Waals surface area contributed by atoms with E-state index in [9.17, 15) is 0 Å². The highest BCUT2D eigenvalue weighted by atomic mass is 28.4. The van der Waals surface area contributed by atoms with Gasteiger partial charge in [-0.05, 0) is 73.6 Å². The van der Waals surface area contributed by atoms with Crippen LogP contribution in [0.3, 0.4) is 0 Å². The average Bonchev–Trinajstić information content (AvgIpc) is 3.01. The lowest BCUT2D eigenvalue weighted by Gasteiger charge is -2.43. The summed E-state index contributed by atoms with van der Waals surface area (Å²) in [5, 5.41) is 2.70. The minimum Gasteiger partial charge on any atom is -0.407 e. The van der Waals surface area contributed by atoms with Crippen molar-refractivity contribution in [1.29, 1.82) is 0 Å². The third-order valence-corrected chi connectivity index (χ3v) is 13.3. The molecule has 3 atom stereocenters. The molecule has 0 aromatic heterocycles. The molecule has 0 N–H and O–H groups in total. The maximum atomic E-state index is 7.18. The number of rotatable bonds is 10. The van der Waals surface area contributed by atoms with E-state index in [0.717, 1.165) is 19.4 Å². The van der Waals surface area contributed by atoms with Crippen LogP contribution >= 0.6 is 0 Å². The molecule has 2 aromatic rings. The van der Waals surface area contributed by atoms with Crippen molar-refractivity contribution in [1.82, 2.24) is 0 Å². The van der Waals surface area contributed by atoms with Crippen LogP contribution in [0.25, 0.3) is 0 Å². The van der Waals surface area contributed by atoms with Crippen molar-refractivity contribution in [3.63, 3.8) is 0 Å². The van der Waals surface area contributed by atoms with E-state index in [1.54, 1.807) is 0 Å². The van der Waals surface area contributed by atoms with Gasteiger partial charge in [-0.25, -0.2) is 0 Å². The summed E-state index contributed by atoms with van der Waals surface area (Å²) in [4.78, 5) is 0. The van der Waals surface area contributed by atoms with Crippen molar-refractivity contribution in [3.05, 3.63) is 60.7 Å². The number of hydrogen-bond acceptors (Lipinski definition) is 3. The van der Waals surface area contributed by atoms with Gasteiger partial charge in [0.25, 0.3) is 8.32 Å². The van der Waals surface area contributed by atoms with Crippen molar-refractivity contribution in [3.8, 4) is 0 Å². The minimum absolute atomic E-state index is 0.00626. The average molecular weight is 509 g/mol. The molecule has 3 nitrogen and oxygen atoms in total. The van der Waals surface area contributed by atoms with Gasteiger partial charge in [-0.3, -0.25) is 0 Å². The minimum atomic E-state index is -2.49. The largest absolute Gasteiger partial charge is 0.460 e. The fourth-order valence-electron chi connectivity index (χ4n) is 5.75. The first-order valence-electron chi connectivity index (χ1n) is 13.8. The van der Waals surface area contributed by atoms with Crippen LogP contribution in [0.15, 0.2) is 60.7 Å². The van der Waals surface area contributed by atoms with Gasteiger partial charge in [0, 0.05) is 6.61 Å². The van der Waals surface area contributed by atoms with E-state index in [2.05, 4.69) is 130 Å². The molecule has 0 amide bonds. The van der Waals surface area contributed by atoms with Crippen LogP contribution in [0.2, 0.25) is 10.9 Å². The van der Waals surface area contributed by atoms with Gasteiger partial charge in [-0.1, -0.05) is 102 Å². The summed E-state index contributed by atoms with van der Waals surface area (Å²) < 4.78 is 19.8. The van der Waals surface area contributed by atoms with Gasteiger partial charge in [0.05, 0.1) is 11.2 Å². The van der Waals surface area contributed by atoms with Crippen LogP contribution in [0, 0.1) is 11.8 Å². The molecule has 0 spiro atoms. The SMILES string of the molecule is C[C@@H](CO[Si](c1ccccc1)(c1ccccc1)C(C)(C)C)C[C@H](C)C[C@H](C)B1OC(C)(C)C(C)(C)O1. The van der Waals surface area contributed by atoms with E-state index in [-0.39, 0.29) is 23.4 Å². The van der Waals surface area contributed by atoms with E-state index in [1.807, 2.05) is 0 Å². The highest BCUT2D eigenvalue weighted by Crippen LogP contribution is 2.42. The lowest BCUT2D eigenvalue weighted by Crippen LogP contribution is -2.66. The fraction of sp³-hybridized carbons (Fsp3) is 0.613. The lowest BCUT2D eigenvalue weighted by molar-refractivity contribution is 0.00578. The molecule has 0 aliphatic carbocycles. The lowest BCUT2D eigenvalue weighted by atomic mass is 9.68. The topological polar surface area (TPSA) is 27.7 Å². The molecule has 0 unspecified atom stereocenters. The standard InChI is InChI=1S/C31H49BO3Si/c1-24(22-26(3)32-34-30(7,8)31(9,10)35-32)21-25(2)23-33-36(29(4,5)6,27-17-13-11-14-18-27)28-19-15-12-16-20-28/h11-20,24-26H,21-23H2,1-10H3/t24-,25+,26-/m0/s1. The monoisotopic (exact) mass is 508 g/mol. The van der Waals surface area contributed by atoms with Gasteiger partial charge in [0.2, 0.25) is 0 Å². The first-order chi connectivity index (χ1) is 16.7. The van der Waals surface area contributed by atoms with E-state index in [1.165, 1.54) is 10.4 Å². The van der Waals surface area contributed by atoms with Gasteiger partial charge in [0.15, 0.2) is 0 Å². The Morgan fingerprint density at radius 2 is 1.19 bits per heavy atom. The van der Waals surface area contributed by atoms with Crippen LogP contribution in [0.4, 0.5) is 0 Å². The summed E-state index contributed by atoms with van der Waals surface area (Å²) >= 11 is 0. The van der Waals surface area contributed by atoms with Gasteiger partial charge >= 0.3 is 7.12 Å². The Balaban J connectivity index is 1.70. The van der Waals surface area contributed by atoms with Crippen molar-refractivity contribution < 1.29 is 13.7 Å². The highest BCUT2D eigenvalue weighted by molar-refractivity contribution is 6.99. The Morgan fingerprint density at radius 3 is 1.61 bits per heavy atom. The molecule has 0 bridgehead atoms. The van der Waals surface area contributed by atoms with Crippen molar-refractivity contribution in [2.75, 3.05) is 6.61 Å². The van der Waals surface area contributed by atoms with E-state index in [0.29, 0.717) is 17.7 Å². The summed E-state index contributed by atoms with van der Waals surface area (Å²) in [5.41, 5.74) is -0.543. The summed E-state index contributed by atoms with van der Waals surface area (Å²) in [6.07, 6.45) is 2.21. The second kappa shape index (κ2) is 11.1. The van der Waals surface area contributed by atoms with E-state index >= 15 is 0 Å². The third-order valence-electron chi connectivity index (χ3n) is 8.32. The van der Waals surface area contributed by atoms with Gasteiger partial charge < -0.3 is 13.7 Å². The normalized spacial score (nSPS) is 20.2. The molecule has 0 radical (unpaired) electrons. The first-order valence-corrected chi connectivity index (χ1v) is 15.7. The maximum Gasteiger partial charge on any atom is 0.460 e. The van der Waals surface area contributed by atoms with Crippen LogP contribution in [-0.4, -0.2) is 33.2 Å². The predicted octanol–water partition coefficient (Wildman–Crippen LogP) is 7.10. The molecule has 1 fully saturated rings. The highest BCUT2D eigenvalue weighted by Gasteiger charge is 2.53.